The largest absolute Gasteiger partial charge is 0.508 e. The maximum absolute atomic E-state index is 9.68. The molecule has 1 aliphatic heterocycles. The average molecular weight is 338 g/mol. The molecule has 3 nitrogen and oxygen atoms in total. The van der Waals surface area contributed by atoms with Crippen molar-refractivity contribution < 1.29 is 14.9 Å². The summed E-state index contributed by atoms with van der Waals surface area (Å²) in [6.07, 6.45) is 6.86. The third-order valence-electron chi connectivity index (χ3n) is 6.39. The molecular weight excluding hydrogens is 312 g/mol. The molecule has 1 fully saturated rings. The van der Waals surface area contributed by atoms with Crippen LogP contribution in [0.15, 0.2) is 42.5 Å². The maximum Gasteiger partial charge on any atom is 0.123 e. The zero-order chi connectivity index (χ0) is 17.4. The predicted octanol–water partition coefficient (Wildman–Crippen LogP) is 4.94. The molecule has 25 heavy (non-hydrogen) atoms. The quantitative estimate of drug-likeness (QED) is 0.833. The molecule has 0 spiro atoms. The second kappa shape index (κ2) is 6.29. The number of rotatable bonds is 3. The highest BCUT2D eigenvalue weighted by atomic mass is 16.5. The lowest BCUT2D eigenvalue weighted by molar-refractivity contribution is 0.0723. The minimum Gasteiger partial charge on any atom is -0.508 e. The van der Waals surface area contributed by atoms with Crippen molar-refractivity contribution in [3.05, 3.63) is 53.6 Å². The minimum atomic E-state index is 0.132. The molecule has 0 amide bonds. The SMILES string of the molecule is CCC1(c2ccc(O)cc2)CCCC1[C@@H]1CCc2cc(O)ccc2O1. The van der Waals surface area contributed by atoms with E-state index < -0.39 is 0 Å². The van der Waals surface area contributed by atoms with Gasteiger partial charge in [0.1, 0.15) is 23.4 Å². The highest BCUT2D eigenvalue weighted by Crippen LogP contribution is 2.52. The van der Waals surface area contributed by atoms with Gasteiger partial charge in [0.05, 0.1) is 0 Å². The Hall–Kier alpha value is -2.16. The summed E-state index contributed by atoms with van der Waals surface area (Å²) in [5.74, 6) is 2.06. The Kier molecular flexibility index (Phi) is 4.10. The summed E-state index contributed by atoms with van der Waals surface area (Å²) in [5.41, 5.74) is 2.57. The van der Waals surface area contributed by atoms with E-state index in [4.69, 9.17) is 4.74 Å². The minimum absolute atomic E-state index is 0.132. The molecular formula is C22H26O3. The van der Waals surface area contributed by atoms with Crippen LogP contribution in [-0.4, -0.2) is 16.3 Å². The summed E-state index contributed by atoms with van der Waals surface area (Å²) < 4.78 is 6.41. The second-order valence-electron chi connectivity index (χ2n) is 7.54. The average Bonchev–Trinajstić information content (AvgIpc) is 3.07. The highest BCUT2D eigenvalue weighted by molar-refractivity contribution is 5.41. The molecule has 3 atom stereocenters. The van der Waals surface area contributed by atoms with Crippen molar-refractivity contribution in [1.29, 1.82) is 0 Å². The van der Waals surface area contributed by atoms with Crippen LogP contribution in [0.2, 0.25) is 0 Å². The van der Waals surface area contributed by atoms with Crippen molar-refractivity contribution in [2.75, 3.05) is 0 Å². The first kappa shape index (κ1) is 16.3. The summed E-state index contributed by atoms with van der Waals surface area (Å²) in [7, 11) is 0. The molecule has 0 saturated heterocycles. The molecule has 4 rings (SSSR count). The number of phenols is 2. The van der Waals surface area contributed by atoms with Gasteiger partial charge in [-0.2, -0.15) is 0 Å². The number of aryl methyl sites for hydroxylation is 1. The van der Waals surface area contributed by atoms with Gasteiger partial charge in [-0.05, 0) is 73.6 Å². The van der Waals surface area contributed by atoms with Gasteiger partial charge in [0.25, 0.3) is 0 Å². The van der Waals surface area contributed by atoms with E-state index in [1.165, 1.54) is 24.8 Å². The van der Waals surface area contributed by atoms with Gasteiger partial charge in [0, 0.05) is 11.3 Å². The van der Waals surface area contributed by atoms with E-state index in [-0.39, 0.29) is 11.5 Å². The summed E-state index contributed by atoms with van der Waals surface area (Å²) in [4.78, 5) is 0. The van der Waals surface area contributed by atoms with Gasteiger partial charge in [-0.25, -0.2) is 0 Å². The van der Waals surface area contributed by atoms with Crippen LogP contribution in [0.1, 0.15) is 50.2 Å². The Morgan fingerprint density at radius 3 is 2.56 bits per heavy atom. The normalized spacial score (nSPS) is 28.4. The third-order valence-corrected chi connectivity index (χ3v) is 6.39. The van der Waals surface area contributed by atoms with Crippen LogP contribution in [0.25, 0.3) is 0 Å². The fraction of sp³-hybridized carbons (Fsp3) is 0.455. The molecule has 0 radical (unpaired) electrons. The van der Waals surface area contributed by atoms with Gasteiger partial charge < -0.3 is 14.9 Å². The third kappa shape index (κ3) is 2.76. The Balaban J connectivity index is 1.64. The molecule has 2 unspecified atom stereocenters. The van der Waals surface area contributed by atoms with Crippen molar-refractivity contribution in [1.82, 2.24) is 0 Å². The van der Waals surface area contributed by atoms with Gasteiger partial charge >= 0.3 is 0 Å². The van der Waals surface area contributed by atoms with Gasteiger partial charge in [-0.3, -0.25) is 0 Å². The Labute approximate surface area is 149 Å². The van der Waals surface area contributed by atoms with E-state index in [0.717, 1.165) is 30.6 Å². The Morgan fingerprint density at radius 2 is 1.80 bits per heavy atom. The molecule has 2 aromatic rings. The summed E-state index contributed by atoms with van der Waals surface area (Å²) in [6.45, 7) is 2.28. The van der Waals surface area contributed by atoms with Crippen LogP contribution in [0.3, 0.4) is 0 Å². The lowest BCUT2D eigenvalue weighted by atomic mass is 9.67. The van der Waals surface area contributed by atoms with Gasteiger partial charge in [-0.15, -0.1) is 0 Å². The molecule has 3 heteroatoms. The standard InChI is InChI=1S/C22H26O3/c1-2-22(16-6-8-17(23)9-7-16)13-3-4-19(22)21-11-5-15-14-18(24)10-12-20(15)25-21/h6-10,12,14,19,21,23-24H,2-5,11,13H2,1H3/t19?,21-,22?/m0/s1. The van der Waals surface area contributed by atoms with Crippen LogP contribution in [0.4, 0.5) is 0 Å². The molecule has 132 valence electrons. The topological polar surface area (TPSA) is 49.7 Å². The van der Waals surface area contributed by atoms with E-state index in [9.17, 15) is 10.2 Å². The lowest BCUT2D eigenvalue weighted by Gasteiger charge is -2.41. The van der Waals surface area contributed by atoms with Crippen molar-refractivity contribution in [3.63, 3.8) is 0 Å². The van der Waals surface area contributed by atoms with E-state index in [0.29, 0.717) is 17.4 Å². The smallest absolute Gasteiger partial charge is 0.123 e. The van der Waals surface area contributed by atoms with Crippen molar-refractivity contribution >= 4 is 0 Å². The number of ether oxygens (including phenoxy) is 1. The molecule has 1 heterocycles. The van der Waals surface area contributed by atoms with E-state index in [2.05, 4.69) is 19.1 Å². The van der Waals surface area contributed by atoms with Crippen LogP contribution in [0, 0.1) is 5.92 Å². The van der Waals surface area contributed by atoms with Crippen molar-refractivity contribution in [3.8, 4) is 17.2 Å². The van der Waals surface area contributed by atoms with Crippen molar-refractivity contribution in [2.45, 2.75) is 57.0 Å². The highest BCUT2D eigenvalue weighted by Gasteiger charge is 2.47. The van der Waals surface area contributed by atoms with Crippen LogP contribution >= 0.6 is 0 Å². The molecule has 0 aromatic heterocycles. The fourth-order valence-electron chi connectivity index (χ4n) is 5.11. The zero-order valence-electron chi connectivity index (χ0n) is 14.7. The molecule has 2 N–H and O–H groups in total. The van der Waals surface area contributed by atoms with Crippen LogP contribution in [-0.2, 0) is 11.8 Å². The second-order valence-corrected chi connectivity index (χ2v) is 7.54. The maximum atomic E-state index is 9.68. The first-order valence-corrected chi connectivity index (χ1v) is 9.40. The molecule has 1 aliphatic carbocycles. The van der Waals surface area contributed by atoms with Gasteiger partial charge in [-0.1, -0.05) is 25.5 Å². The monoisotopic (exact) mass is 338 g/mol. The number of hydrogen-bond donors (Lipinski definition) is 2. The number of aromatic hydroxyl groups is 2. The molecule has 2 aromatic carbocycles. The first-order chi connectivity index (χ1) is 12.1. The fourth-order valence-corrected chi connectivity index (χ4v) is 5.11. The number of hydrogen-bond acceptors (Lipinski definition) is 3. The lowest BCUT2D eigenvalue weighted by Crippen LogP contribution is -2.41. The van der Waals surface area contributed by atoms with Crippen molar-refractivity contribution in [2.24, 2.45) is 5.92 Å². The molecule has 2 aliphatic rings. The predicted molar refractivity (Wildman–Crippen MR) is 98.3 cm³/mol. The Morgan fingerprint density at radius 1 is 1.04 bits per heavy atom. The van der Waals surface area contributed by atoms with E-state index in [1.54, 1.807) is 6.07 Å². The van der Waals surface area contributed by atoms with E-state index >= 15 is 0 Å². The van der Waals surface area contributed by atoms with Crippen LogP contribution in [0.5, 0.6) is 17.2 Å². The number of benzene rings is 2. The number of fused-ring (bicyclic) bond motifs is 1. The zero-order valence-corrected chi connectivity index (χ0v) is 14.7. The molecule has 1 saturated carbocycles. The summed E-state index contributed by atoms with van der Waals surface area (Å²) in [6, 6.07) is 13.2. The summed E-state index contributed by atoms with van der Waals surface area (Å²) in [5, 5.41) is 19.3. The molecule has 0 bridgehead atoms. The summed E-state index contributed by atoms with van der Waals surface area (Å²) >= 11 is 0. The van der Waals surface area contributed by atoms with E-state index in [1.807, 2.05) is 24.3 Å². The van der Waals surface area contributed by atoms with Crippen LogP contribution < -0.4 is 4.74 Å². The first-order valence-electron chi connectivity index (χ1n) is 9.40. The number of phenolic OH excluding ortho intramolecular Hbond substituents is 2. The van der Waals surface area contributed by atoms with Gasteiger partial charge in [0.2, 0.25) is 0 Å². The Bertz CT molecular complexity index is 752. The van der Waals surface area contributed by atoms with Gasteiger partial charge in [0.15, 0.2) is 0 Å².